The Labute approximate surface area is 172 Å². The van der Waals surface area contributed by atoms with Gasteiger partial charge < -0.3 is 9.64 Å². The summed E-state index contributed by atoms with van der Waals surface area (Å²) in [4.78, 5) is 16.4. The summed E-state index contributed by atoms with van der Waals surface area (Å²) in [5.41, 5.74) is 2.23. The first-order chi connectivity index (χ1) is 14.0. The zero-order valence-corrected chi connectivity index (χ0v) is 17.3. The van der Waals surface area contributed by atoms with Crippen LogP contribution in [-0.4, -0.2) is 71.2 Å². The van der Waals surface area contributed by atoms with E-state index < -0.39 is 0 Å². The molecule has 3 heterocycles. The van der Waals surface area contributed by atoms with E-state index in [0.717, 1.165) is 69.6 Å². The summed E-state index contributed by atoms with van der Waals surface area (Å²) < 4.78 is 18.9. The summed E-state index contributed by atoms with van der Waals surface area (Å²) in [7, 11) is 0. The molecule has 0 spiro atoms. The van der Waals surface area contributed by atoms with E-state index in [4.69, 9.17) is 9.72 Å². The molecule has 2 saturated heterocycles. The van der Waals surface area contributed by atoms with Crippen molar-refractivity contribution in [1.29, 1.82) is 0 Å². The van der Waals surface area contributed by atoms with Crippen molar-refractivity contribution >= 4 is 5.95 Å². The average Bonchev–Trinajstić information content (AvgIpc) is 2.71. The lowest BCUT2D eigenvalue weighted by Crippen LogP contribution is -2.46. The molecule has 0 aliphatic carbocycles. The Morgan fingerprint density at radius 3 is 2.21 bits per heavy atom. The quantitative estimate of drug-likeness (QED) is 0.770. The van der Waals surface area contributed by atoms with E-state index in [1.165, 1.54) is 12.1 Å². The number of rotatable bonds is 5. The molecule has 0 amide bonds. The number of anilines is 1. The topological polar surface area (TPSA) is 44.7 Å². The van der Waals surface area contributed by atoms with Crippen LogP contribution in [0.3, 0.4) is 0 Å². The summed E-state index contributed by atoms with van der Waals surface area (Å²) in [6.07, 6.45) is 2.26. The molecular formula is C22H30FN5O. The van der Waals surface area contributed by atoms with Gasteiger partial charge in [-0.1, -0.05) is 12.1 Å². The number of halogens is 1. The third-order valence-corrected chi connectivity index (χ3v) is 5.57. The lowest BCUT2D eigenvalue weighted by molar-refractivity contribution is -0.00574. The molecule has 2 aliphatic heterocycles. The molecule has 2 fully saturated rings. The molecule has 6 nitrogen and oxygen atoms in total. The Hall–Kier alpha value is -2.09. The zero-order valence-electron chi connectivity index (χ0n) is 17.3. The second kappa shape index (κ2) is 9.15. The van der Waals surface area contributed by atoms with E-state index in [1.54, 1.807) is 0 Å². The van der Waals surface area contributed by atoms with Crippen molar-refractivity contribution in [2.45, 2.75) is 39.1 Å². The van der Waals surface area contributed by atoms with Crippen molar-refractivity contribution in [1.82, 2.24) is 19.8 Å². The van der Waals surface area contributed by atoms with Gasteiger partial charge in [-0.05, 0) is 37.6 Å². The standard InChI is InChI=1S/C22H30FN5O/c1-17-13-28(14-18(2)29-17)22-24-8-7-21(25-22)16-27-11-9-26(10-12-27)15-19-3-5-20(23)6-4-19/h3-8,17-18H,9-16H2,1-2H3. The van der Waals surface area contributed by atoms with Crippen molar-refractivity contribution in [3.63, 3.8) is 0 Å². The average molecular weight is 400 g/mol. The maximum absolute atomic E-state index is 13.1. The third-order valence-electron chi connectivity index (χ3n) is 5.57. The molecule has 1 aromatic heterocycles. The molecule has 2 unspecified atom stereocenters. The lowest BCUT2D eigenvalue weighted by atomic mass is 10.2. The van der Waals surface area contributed by atoms with Gasteiger partial charge in [0.15, 0.2) is 0 Å². The summed E-state index contributed by atoms with van der Waals surface area (Å²) in [5, 5.41) is 0. The van der Waals surface area contributed by atoms with Crippen LogP contribution in [0.2, 0.25) is 0 Å². The Balaban J connectivity index is 1.30. The molecule has 0 radical (unpaired) electrons. The highest BCUT2D eigenvalue weighted by Gasteiger charge is 2.24. The Morgan fingerprint density at radius 2 is 1.55 bits per heavy atom. The molecular weight excluding hydrogens is 369 g/mol. The Kier molecular flexibility index (Phi) is 6.37. The maximum atomic E-state index is 13.1. The smallest absolute Gasteiger partial charge is 0.225 e. The van der Waals surface area contributed by atoms with E-state index in [1.807, 2.05) is 24.4 Å². The maximum Gasteiger partial charge on any atom is 0.225 e. The SMILES string of the molecule is CC1CN(c2nccc(CN3CCN(Cc4ccc(F)cc4)CC3)n2)CC(C)O1. The van der Waals surface area contributed by atoms with Gasteiger partial charge in [-0.3, -0.25) is 9.80 Å². The number of morpholine rings is 1. The number of piperazine rings is 1. The first-order valence-electron chi connectivity index (χ1n) is 10.5. The van der Waals surface area contributed by atoms with Crippen LogP contribution >= 0.6 is 0 Å². The van der Waals surface area contributed by atoms with Crippen molar-refractivity contribution in [3.8, 4) is 0 Å². The van der Waals surface area contributed by atoms with Crippen molar-refractivity contribution in [2.75, 3.05) is 44.2 Å². The van der Waals surface area contributed by atoms with Gasteiger partial charge in [0, 0.05) is 58.6 Å². The van der Waals surface area contributed by atoms with E-state index in [0.29, 0.717) is 0 Å². The highest BCUT2D eigenvalue weighted by atomic mass is 19.1. The summed E-state index contributed by atoms with van der Waals surface area (Å²) in [6.45, 7) is 11.6. The van der Waals surface area contributed by atoms with Crippen LogP contribution in [0.5, 0.6) is 0 Å². The largest absolute Gasteiger partial charge is 0.372 e. The van der Waals surface area contributed by atoms with Crippen molar-refractivity contribution in [3.05, 3.63) is 53.6 Å². The van der Waals surface area contributed by atoms with Gasteiger partial charge in [0.25, 0.3) is 0 Å². The monoisotopic (exact) mass is 399 g/mol. The predicted molar refractivity (Wildman–Crippen MR) is 111 cm³/mol. The molecule has 156 valence electrons. The lowest BCUT2D eigenvalue weighted by Gasteiger charge is -2.36. The van der Waals surface area contributed by atoms with Gasteiger partial charge in [0.1, 0.15) is 5.82 Å². The van der Waals surface area contributed by atoms with Gasteiger partial charge in [-0.15, -0.1) is 0 Å². The van der Waals surface area contributed by atoms with Crippen LogP contribution in [0.1, 0.15) is 25.1 Å². The molecule has 2 aromatic rings. The first-order valence-corrected chi connectivity index (χ1v) is 10.5. The minimum atomic E-state index is -0.177. The molecule has 2 atom stereocenters. The molecule has 2 aliphatic rings. The molecule has 0 bridgehead atoms. The number of benzene rings is 1. The van der Waals surface area contributed by atoms with Crippen LogP contribution in [0.25, 0.3) is 0 Å². The van der Waals surface area contributed by atoms with Gasteiger partial charge in [0.05, 0.1) is 17.9 Å². The zero-order chi connectivity index (χ0) is 20.2. The normalized spacial score (nSPS) is 24.0. The molecule has 0 N–H and O–H groups in total. The fourth-order valence-electron chi connectivity index (χ4n) is 4.15. The van der Waals surface area contributed by atoms with E-state index in [9.17, 15) is 4.39 Å². The van der Waals surface area contributed by atoms with Gasteiger partial charge in [-0.25, -0.2) is 14.4 Å². The van der Waals surface area contributed by atoms with Crippen LogP contribution in [0.15, 0.2) is 36.5 Å². The summed E-state index contributed by atoms with van der Waals surface area (Å²) in [5.74, 6) is 0.628. The van der Waals surface area contributed by atoms with E-state index in [2.05, 4.69) is 33.5 Å². The van der Waals surface area contributed by atoms with Crippen LogP contribution in [0.4, 0.5) is 10.3 Å². The van der Waals surface area contributed by atoms with E-state index >= 15 is 0 Å². The minimum Gasteiger partial charge on any atom is -0.372 e. The molecule has 1 aromatic carbocycles. The second-order valence-corrected chi connectivity index (χ2v) is 8.19. The number of hydrogen-bond donors (Lipinski definition) is 0. The van der Waals surface area contributed by atoms with Crippen molar-refractivity contribution in [2.24, 2.45) is 0 Å². The summed E-state index contributed by atoms with van der Waals surface area (Å²) in [6, 6.07) is 8.83. The highest BCUT2D eigenvalue weighted by molar-refractivity contribution is 5.31. The van der Waals surface area contributed by atoms with Crippen LogP contribution < -0.4 is 4.90 Å². The fraction of sp³-hybridized carbons (Fsp3) is 0.545. The fourth-order valence-corrected chi connectivity index (χ4v) is 4.15. The van der Waals surface area contributed by atoms with Crippen LogP contribution in [-0.2, 0) is 17.8 Å². The number of ether oxygens (including phenoxy) is 1. The Bertz CT molecular complexity index is 784. The van der Waals surface area contributed by atoms with Crippen molar-refractivity contribution < 1.29 is 9.13 Å². The number of nitrogens with zero attached hydrogens (tertiary/aromatic N) is 5. The van der Waals surface area contributed by atoms with E-state index in [-0.39, 0.29) is 18.0 Å². The number of aromatic nitrogens is 2. The third kappa shape index (κ3) is 5.50. The minimum absolute atomic E-state index is 0.177. The predicted octanol–water partition coefficient (Wildman–Crippen LogP) is 2.55. The molecule has 4 rings (SSSR count). The van der Waals surface area contributed by atoms with Gasteiger partial charge in [0.2, 0.25) is 5.95 Å². The first kappa shape index (κ1) is 20.2. The number of hydrogen-bond acceptors (Lipinski definition) is 6. The van der Waals surface area contributed by atoms with Crippen LogP contribution in [0, 0.1) is 5.82 Å². The molecule has 0 saturated carbocycles. The van der Waals surface area contributed by atoms with Gasteiger partial charge >= 0.3 is 0 Å². The second-order valence-electron chi connectivity index (χ2n) is 8.19. The van der Waals surface area contributed by atoms with Gasteiger partial charge in [-0.2, -0.15) is 0 Å². The highest BCUT2D eigenvalue weighted by Crippen LogP contribution is 2.17. The molecule has 7 heteroatoms. The summed E-state index contributed by atoms with van der Waals surface area (Å²) >= 11 is 0. The molecule has 29 heavy (non-hydrogen) atoms. The Morgan fingerprint density at radius 1 is 0.931 bits per heavy atom.